The summed E-state index contributed by atoms with van der Waals surface area (Å²) < 4.78 is 8.01. The second kappa shape index (κ2) is 9.91. The first-order valence-corrected chi connectivity index (χ1v) is 15.7. The zero-order chi connectivity index (χ0) is 23.5. The fourth-order valence-electron chi connectivity index (χ4n) is 5.46. The molecule has 33 heavy (non-hydrogen) atoms. The Balaban J connectivity index is 1.64. The van der Waals surface area contributed by atoms with E-state index in [4.69, 9.17) is 9.72 Å². The van der Waals surface area contributed by atoms with E-state index >= 15 is 0 Å². The zero-order valence-corrected chi connectivity index (χ0v) is 21.0. The van der Waals surface area contributed by atoms with Gasteiger partial charge in [0.15, 0.2) is 0 Å². The molecule has 4 unspecified atom stereocenters. The van der Waals surface area contributed by atoms with Gasteiger partial charge in [-0.1, -0.05) is 19.6 Å². The van der Waals surface area contributed by atoms with Gasteiger partial charge in [-0.15, -0.1) is 0 Å². The van der Waals surface area contributed by atoms with Gasteiger partial charge >= 0.3 is 0 Å². The smallest absolute Gasteiger partial charge is 0.145 e. The average molecular weight is 469 g/mol. The maximum atomic E-state index is 9.72. The van der Waals surface area contributed by atoms with Crippen molar-refractivity contribution in [2.24, 2.45) is 22.9 Å². The van der Waals surface area contributed by atoms with E-state index in [0.717, 1.165) is 48.6 Å². The average Bonchev–Trinajstić information content (AvgIpc) is 3.54. The van der Waals surface area contributed by atoms with Gasteiger partial charge < -0.3 is 19.8 Å². The highest BCUT2D eigenvalue weighted by Gasteiger charge is 2.48. The van der Waals surface area contributed by atoms with Crippen molar-refractivity contribution in [3.8, 4) is 6.07 Å². The Morgan fingerprint density at radius 1 is 1.36 bits per heavy atom. The van der Waals surface area contributed by atoms with Crippen LogP contribution in [0.15, 0.2) is 23.7 Å². The maximum absolute atomic E-state index is 9.72. The van der Waals surface area contributed by atoms with Crippen molar-refractivity contribution in [2.75, 3.05) is 19.8 Å². The third-order valence-electron chi connectivity index (χ3n) is 7.36. The van der Waals surface area contributed by atoms with E-state index in [1.807, 2.05) is 17.0 Å². The molecule has 0 aromatic carbocycles. The zero-order valence-electron chi connectivity index (χ0n) is 20.0. The fraction of sp³-hybridized carbons (Fsp3) is 0.667. The molecule has 178 valence electrons. The highest BCUT2D eigenvalue weighted by Crippen LogP contribution is 2.47. The van der Waals surface area contributed by atoms with Crippen LogP contribution in [0.2, 0.25) is 25.7 Å². The van der Waals surface area contributed by atoms with Crippen molar-refractivity contribution in [1.82, 2.24) is 20.0 Å². The quantitative estimate of drug-likeness (QED) is 0.408. The van der Waals surface area contributed by atoms with E-state index in [9.17, 15) is 10.4 Å². The summed E-state index contributed by atoms with van der Waals surface area (Å²) in [6.07, 6.45) is 9.01. The first-order chi connectivity index (χ1) is 15.9. The minimum atomic E-state index is -1.13. The van der Waals surface area contributed by atoms with E-state index in [0.29, 0.717) is 31.5 Å². The van der Waals surface area contributed by atoms with Crippen LogP contribution < -0.4 is 5.43 Å². The van der Waals surface area contributed by atoms with Crippen LogP contribution in [0.25, 0.3) is 11.0 Å². The molecule has 4 atom stereocenters. The predicted octanol–water partition coefficient (Wildman–Crippen LogP) is 3.51. The molecular weight excluding hydrogens is 432 g/mol. The molecule has 4 rings (SSSR count). The number of hydrogen-bond donors (Lipinski definition) is 2. The monoisotopic (exact) mass is 468 g/mol. The van der Waals surface area contributed by atoms with Crippen LogP contribution in [-0.4, -0.2) is 53.7 Å². The van der Waals surface area contributed by atoms with E-state index in [1.165, 1.54) is 0 Å². The van der Waals surface area contributed by atoms with Gasteiger partial charge in [0.25, 0.3) is 0 Å². The van der Waals surface area contributed by atoms with E-state index in [2.05, 4.69) is 47.3 Å². The molecule has 0 bridgehead atoms. The maximum Gasteiger partial charge on any atom is 0.145 e. The van der Waals surface area contributed by atoms with Gasteiger partial charge in [-0.3, -0.25) is 0 Å². The fourth-order valence-corrected chi connectivity index (χ4v) is 6.22. The van der Waals surface area contributed by atoms with Crippen LogP contribution >= 0.6 is 0 Å². The van der Waals surface area contributed by atoms with Crippen LogP contribution in [0.4, 0.5) is 0 Å². The predicted molar refractivity (Wildman–Crippen MR) is 131 cm³/mol. The first kappa shape index (κ1) is 23.9. The number of hydrogen-bond acceptors (Lipinski definition) is 7. The van der Waals surface area contributed by atoms with Crippen LogP contribution in [0.1, 0.15) is 31.4 Å². The molecule has 8 nitrogen and oxygen atoms in total. The highest BCUT2D eigenvalue weighted by molar-refractivity contribution is 6.76. The van der Waals surface area contributed by atoms with Crippen molar-refractivity contribution in [3.05, 3.63) is 24.3 Å². The lowest BCUT2D eigenvalue weighted by Gasteiger charge is -2.37. The molecule has 1 aliphatic carbocycles. The number of aromatic nitrogens is 3. The molecule has 0 spiro atoms. The number of aliphatic hydroxyl groups excluding tert-OH is 1. The summed E-state index contributed by atoms with van der Waals surface area (Å²) in [5, 5.41) is 24.8. The molecule has 0 radical (unpaired) electrons. The Hall–Kier alpha value is -2.28. The first-order valence-electron chi connectivity index (χ1n) is 12.0. The molecule has 1 aliphatic heterocycles. The van der Waals surface area contributed by atoms with Crippen LogP contribution in [0.5, 0.6) is 0 Å². The Labute approximate surface area is 197 Å². The minimum Gasteiger partial charge on any atom is -0.396 e. The molecule has 1 fully saturated rings. The van der Waals surface area contributed by atoms with Gasteiger partial charge in [-0.05, 0) is 49.1 Å². The van der Waals surface area contributed by atoms with Gasteiger partial charge in [0, 0.05) is 52.1 Å². The van der Waals surface area contributed by atoms with Gasteiger partial charge in [-0.25, -0.2) is 9.97 Å². The SMILES string of the molecule is C[Si](C)(C)CCOCn1ccc2c(C3(C(CC#N)C4CCC(CO)C4)C=NNC3)ncnc21. The molecule has 1 saturated carbocycles. The molecule has 0 amide bonds. The number of aliphatic hydroxyl groups is 1. The van der Waals surface area contributed by atoms with E-state index < -0.39 is 13.5 Å². The minimum absolute atomic E-state index is 0.0762. The second-order valence-corrected chi connectivity index (χ2v) is 16.4. The summed E-state index contributed by atoms with van der Waals surface area (Å²) in [5.41, 5.74) is 4.45. The number of nitrogens with zero attached hydrogens (tertiary/aromatic N) is 5. The molecule has 2 N–H and O–H groups in total. The van der Waals surface area contributed by atoms with Gasteiger partial charge in [-0.2, -0.15) is 10.4 Å². The number of fused-ring (bicyclic) bond motifs is 1. The summed E-state index contributed by atoms with van der Waals surface area (Å²) in [7, 11) is -1.13. The molecular formula is C24H36N6O2Si. The van der Waals surface area contributed by atoms with E-state index in [1.54, 1.807) is 6.33 Å². The van der Waals surface area contributed by atoms with Crippen LogP contribution in [0.3, 0.4) is 0 Å². The number of rotatable bonds is 10. The van der Waals surface area contributed by atoms with Gasteiger partial charge in [0.05, 0.1) is 17.2 Å². The Bertz CT molecular complexity index is 1030. The lowest BCUT2D eigenvalue weighted by molar-refractivity contribution is 0.0898. The van der Waals surface area contributed by atoms with Crippen molar-refractivity contribution in [1.29, 1.82) is 5.26 Å². The second-order valence-electron chi connectivity index (χ2n) is 10.8. The van der Waals surface area contributed by atoms with Crippen molar-refractivity contribution in [2.45, 2.75) is 63.5 Å². The summed E-state index contributed by atoms with van der Waals surface area (Å²) in [5.74, 6) is 0.747. The molecule has 0 saturated heterocycles. The third-order valence-corrected chi connectivity index (χ3v) is 9.07. The van der Waals surface area contributed by atoms with Gasteiger partial charge in [0.1, 0.15) is 18.7 Å². The molecule has 2 aliphatic rings. The summed E-state index contributed by atoms with van der Waals surface area (Å²) in [6, 6.07) is 5.62. The summed E-state index contributed by atoms with van der Waals surface area (Å²) >= 11 is 0. The van der Waals surface area contributed by atoms with Crippen LogP contribution in [0, 0.1) is 29.1 Å². The van der Waals surface area contributed by atoms with Gasteiger partial charge in [0.2, 0.25) is 0 Å². The number of nitriles is 1. The van der Waals surface area contributed by atoms with E-state index in [-0.39, 0.29) is 12.5 Å². The topological polar surface area (TPSA) is 108 Å². The van der Waals surface area contributed by atoms with Crippen LogP contribution in [-0.2, 0) is 16.9 Å². The highest BCUT2D eigenvalue weighted by atomic mass is 28.3. The number of nitrogens with one attached hydrogen (secondary N) is 1. The molecule has 3 heterocycles. The number of ether oxygens (including phenoxy) is 1. The summed E-state index contributed by atoms with van der Waals surface area (Å²) in [4.78, 5) is 9.34. The largest absolute Gasteiger partial charge is 0.396 e. The molecule has 2 aromatic heterocycles. The Kier molecular flexibility index (Phi) is 7.17. The lowest BCUT2D eigenvalue weighted by atomic mass is 9.65. The molecule has 2 aromatic rings. The molecule has 9 heteroatoms. The summed E-state index contributed by atoms with van der Waals surface area (Å²) in [6.45, 7) is 9.10. The Morgan fingerprint density at radius 2 is 2.21 bits per heavy atom. The third kappa shape index (κ3) is 4.98. The Morgan fingerprint density at radius 3 is 2.88 bits per heavy atom. The standard InChI is InChI=1S/C24H36N6O2Si/c1-33(2,3)11-10-32-17-30-9-7-20-22(26-16-27-23(20)30)24(14-28-29-15-24)21(6-8-25)19-5-4-18(12-19)13-31/h7,9,14,16,18-19,21,29,31H,4-6,10-13,15,17H2,1-3H3. The van der Waals surface area contributed by atoms with Crippen molar-refractivity contribution < 1.29 is 9.84 Å². The lowest BCUT2D eigenvalue weighted by Crippen LogP contribution is -2.44. The van der Waals surface area contributed by atoms with Crippen molar-refractivity contribution >= 4 is 25.3 Å². The normalized spacial score (nSPS) is 25.9. The number of hydrazone groups is 1. The van der Waals surface area contributed by atoms with Crippen molar-refractivity contribution in [3.63, 3.8) is 0 Å².